The predicted octanol–water partition coefficient (Wildman–Crippen LogP) is 2.60. The fourth-order valence-electron chi connectivity index (χ4n) is 3.64. The van der Waals surface area contributed by atoms with Crippen molar-refractivity contribution >= 4 is 5.69 Å². The molecule has 2 aliphatic heterocycles. The summed E-state index contributed by atoms with van der Waals surface area (Å²) in [5.74, 6) is 1.86. The van der Waals surface area contributed by atoms with Gasteiger partial charge in [-0.2, -0.15) is 0 Å². The molecule has 128 valence electrons. The van der Waals surface area contributed by atoms with Crippen LogP contribution < -0.4 is 15.0 Å². The lowest BCUT2D eigenvalue weighted by atomic mass is 10.0. The number of piperidine rings is 1. The van der Waals surface area contributed by atoms with Crippen LogP contribution in [0, 0.1) is 5.92 Å². The van der Waals surface area contributed by atoms with E-state index in [1.54, 1.807) is 0 Å². The summed E-state index contributed by atoms with van der Waals surface area (Å²) >= 11 is 0. The summed E-state index contributed by atoms with van der Waals surface area (Å²) in [6, 6.07) is 8.60. The molecule has 23 heavy (non-hydrogen) atoms. The minimum absolute atomic E-state index is 0.817. The number of rotatable bonds is 6. The van der Waals surface area contributed by atoms with Gasteiger partial charge in [-0.1, -0.05) is 6.92 Å². The Labute approximate surface area is 140 Å². The van der Waals surface area contributed by atoms with Gasteiger partial charge >= 0.3 is 0 Å². The van der Waals surface area contributed by atoms with Crippen molar-refractivity contribution in [3.63, 3.8) is 0 Å². The number of hydrogen-bond donors (Lipinski definition) is 1. The van der Waals surface area contributed by atoms with E-state index in [1.807, 2.05) is 0 Å². The van der Waals surface area contributed by atoms with Crippen LogP contribution in [0.2, 0.25) is 0 Å². The smallest absolute Gasteiger partial charge is 0.119 e. The van der Waals surface area contributed by atoms with Crippen molar-refractivity contribution in [1.82, 2.24) is 10.2 Å². The maximum Gasteiger partial charge on any atom is 0.119 e. The SMILES string of the molecule is CC1CCCN(CCCOc2ccc(N3CCNCC3)cc2)C1. The number of benzene rings is 1. The molecule has 1 aromatic rings. The molecule has 0 radical (unpaired) electrons. The molecule has 1 aromatic carbocycles. The fraction of sp³-hybridized carbons (Fsp3) is 0.684. The molecule has 0 spiro atoms. The third-order valence-electron chi connectivity index (χ3n) is 4.95. The maximum absolute atomic E-state index is 5.91. The number of piperazine rings is 1. The van der Waals surface area contributed by atoms with Crippen molar-refractivity contribution in [2.75, 3.05) is 57.3 Å². The molecule has 0 amide bonds. The van der Waals surface area contributed by atoms with Gasteiger partial charge in [-0.25, -0.2) is 0 Å². The number of ether oxygens (including phenoxy) is 1. The summed E-state index contributed by atoms with van der Waals surface area (Å²) in [4.78, 5) is 5.02. The topological polar surface area (TPSA) is 27.7 Å². The van der Waals surface area contributed by atoms with Crippen LogP contribution in [0.25, 0.3) is 0 Å². The van der Waals surface area contributed by atoms with E-state index in [9.17, 15) is 0 Å². The normalized spacial score (nSPS) is 23.0. The van der Waals surface area contributed by atoms with E-state index in [1.165, 1.54) is 38.2 Å². The predicted molar refractivity (Wildman–Crippen MR) is 96.5 cm³/mol. The van der Waals surface area contributed by atoms with Crippen LogP contribution in [0.15, 0.2) is 24.3 Å². The minimum Gasteiger partial charge on any atom is -0.494 e. The third-order valence-corrected chi connectivity index (χ3v) is 4.95. The van der Waals surface area contributed by atoms with E-state index >= 15 is 0 Å². The molecule has 2 fully saturated rings. The Kier molecular flexibility index (Phi) is 6.17. The van der Waals surface area contributed by atoms with Gasteiger partial charge in [0.25, 0.3) is 0 Å². The number of likely N-dealkylation sites (tertiary alicyclic amines) is 1. The van der Waals surface area contributed by atoms with Crippen LogP contribution in [-0.4, -0.2) is 57.3 Å². The first-order valence-electron chi connectivity index (χ1n) is 9.22. The Balaban J connectivity index is 1.37. The molecule has 2 aliphatic rings. The van der Waals surface area contributed by atoms with Crippen LogP contribution in [0.3, 0.4) is 0 Å². The zero-order valence-corrected chi connectivity index (χ0v) is 14.5. The standard InChI is InChI=1S/C19H31N3O/c1-17-4-2-11-21(16-17)12-3-15-23-19-7-5-18(6-8-19)22-13-9-20-10-14-22/h5-8,17,20H,2-4,9-16H2,1H3. The lowest BCUT2D eigenvalue weighted by molar-refractivity contribution is 0.170. The van der Waals surface area contributed by atoms with Gasteiger partial charge < -0.3 is 19.9 Å². The number of nitrogens with zero attached hydrogens (tertiary/aromatic N) is 2. The lowest BCUT2D eigenvalue weighted by Gasteiger charge is -2.30. The number of anilines is 1. The van der Waals surface area contributed by atoms with Gasteiger partial charge in [-0.15, -0.1) is 0 Å². The van der Waals surface area contributed by atoms with Crippen molar-refractivity contribution in [1.29, 1.82) is 0 Å². The van der Waals surface area contributed by atoms with Crippen molar-refractivity contribution in [2.24, 2.45) is 5.92 Å². The fourth-order valence-corrected chi connectivity index (χ4v) is 3.64. The van der Waals surface area contributed by atoms with Gasteiger partial charge in [0.05, 0.1) is 6.61 Å². The lowest BCUT2D eigenvalue weighted by Crippen LogP contribution is -2.43. The molecule has 0 saturated carbocycles. The van der Waals surface area contributed by atoms with Gasteiger partial charge in [0.2, 0.25) is 0 Å². The van der Waals surface area contributed by atoms with E-state index < -0.39 is 0 Å². The molecule has 3 rings (SSSR count). The molecule has 0 bridgehead atoms. The van der Waals surface area contributed by atoms with Crippen LogP contribution in [0.4, 0.5) is 5.69 Å². The van der Waals surface area contributed by atoms with Crippen molar-refractivity contribution in [3.8, 4) is 5.75 Å². The third kappa shape index (κ3) is 5.11. The summed E-state index contributed by atoms with van der Waals surface area (Å²) in [6.45, 7) is 11.2. The molecule has 2 saturated heterocycles. The van der Waals surface area contributed by atoms with Gasteiger partial charge in [-0.3, -0.25) is 0 Å². The first-order chi connectivity index (χ1) is 11.3. The molecular weight excluding hydrogens is 286 g/mol. The van der Waals surface area contributed by atoms with E-state index in [0.29, 0.717) is 0 Å². The quantitative estimate of drug-likeness (QED) is 0.816. The summed E-state index contributed by atoms with van der Waals surface area (Å²) in [6.07, 6.45) is 3.87. The van der Waals surface area contributed by atoms with E-state index in [2.05, 4.69) is 46.3 Å². The Morgan fingerprint density at radius 2 is 1.91 bits per heavy atom. The van der Waals surface area contributed by atoms with Crippen molar-refractivity contribution < 1.29 is 4.74 Å². The highest BCUT2D eigenvalue weighted by atomic mass is 16.5. The summed E-state index contributed by atoms with van der Waals surface area (Å²) < 4.78 is 5.91. The zero-order chi connectivity index (χ0) is 15.9. The highest BCUT2D eigenvalue weighted by Gasteiger charge is 2.15. The highest BCUT2D eigenvalue weighted by Crippen LogP contribution is 2.20. The molecule has 2 heterocycles. The molecule has 1 N–H and O–H groups in total. The molecule has 1 atom stereocenters. The monoisotopic (exact) mass is 317 g/mol. The zero-order valence-electron chi connectivity index (χ0n) is 14.5. The van der Waals surface area contributed by atoms with E-state index in [-0.39, 0.29) is 0 Å². The molecule has 0 aliphatic carbocycles. The Morgan fingerprint density at radius 1 is 1.13 bits per heavy atom. The van der Waals surface area contributed by atoms with Crippen LogP contribution in [-0.2, 0) is 0 Å². The van der Waals surface area contributed by atoms with E-state index in [0.717, 1.165) is 50.9 Å². The summed E-state index contributed by atoms with van der Waals surface area (Å²) in [5.41, 5.74) is 1.31. The number of nitrogens with one attached hydrogen (secondary N) is 1. The van der Waals surface area contributed by atoms with Gasteiger partial charge in [0.1, 0.15) is 5.75 Å². The molecule has 1 unspecified atom stereocenters. The first-order valence-corrected chi connectivity index (χ1v) is 9.22. The van der Waals surface area contributed by atoms with Crippen LogP contribution in [0.1, 0.15) is 26.2 Å². The van der Waals surface area contributed by atoms with Crippen molar-refractivity contribution in [2.45, 2.75) is 26.2 Å². The van der Waals surface area contributed by atoms with Crippen LogP contribution in [0.5, 0.6) is 5.75 Å². The molecule has 0 aromatic heterocycles. The second kappa shape index (κ2) is 8.55. The van der Waals surface area contributed by atoms with Gasteiger partial charge in [-0.05, 0) is 56.0 Å². The molecular formula is C19H31N3O. The first kappa shape index (κ1) is 16.6. The second-order valence-electron chi connectivity index (χ2n) is 6.98. The van der Waals surface area contributed by atoms with Gasteiger partial charge in [0.15, 0.2) is 0 Å². The van der Waals surface area contributed by atoms with Crippen molar-refractivity contribution in [3.05, 3.63) is 24.3 Å². The molecule has 4 nitrogen and oxygen atoms in total. The van der Waals surface area contributed by atoms with E-state index in [4.69, 9.17) is 4.74 Å². The minimum atomic E-state index is 0.817. The summed E-state index contributed by atoms with van der Waals surface area (Å²) in [7, 11) is 0. The Hall–Kier alpha value is -1.26. The largest absolute Gasteiger partial charge is 0.494 e. The highest BCUT2D eigenvalue weighted by molar-refractivity contribution is 5.49. The average molecular weight is 317 g/mol. The maximum atomic E-state index is 5.91. The second-order valence-corrected chi connectivity index (χ2v) is 6.98. The van der Waals surface area contributed by atoms with Gasteiger partial charge in [0, 0.05) is 45.0 Å². The Bertz CT molecular complexity index is 456. The van der Waals surface area contributed by atoms with Crippen LogP contribution >= 0.6 is 0 Å². The summed E-state index contributed by atoms with van der Waals surface area (Å²) in [5, 5.41) is 3.39. The molecule has 4 heteroatoms. The average Bonchev–Trinajstić information content (AvgIpc) is 2.60. The Morgan fingerprint density at radius 3 is 2.65 bits per heavy atom. The number of hydrogen-bond acceptors (Lipinski definition) is 4.